The third kappa shape index (κ3) is 3.05. The lowest BCUT2D eigenvalue weighted by atomic mass is 10.1. The number of pyridine rings is 1. The maximum Gasteiger partial charge on any atom is 0.313 e. The third-order valence-corrected chi connectivity index (χ3v) is 1.99. The zero-order chi connectivity index (χ0) is 12.1. The lowest BCUT2D eigenvalue weighted by Crippen LogP contribution is -2.10. The molecule has 0 aliphatic carbocycles. The van der Waals surface area contributed by atoms with Crippen molar-refractivity contribution in [2.45, 2.75) is 13.3 Å². The normalized spacial score (nSPS) is 9.69. The highest BCUT2D eigenvalue weighted by atomic mass is 16.5. The van der Waals surface area contributed by atoms with E-state index in [0.29, 0.717) is 17.1 Å². The van der Waals surface area contributed by atoms with Crippen LogP contribution in [0.1, 0.15) is 22.5 Å². The molecule has 5 heteroatoms. The number of carbonyl (C=O) groups excluding carboxylic acids is 2. The van der Waals surface area contributed by atoms with Gasteiger partial charge in [0.1, 0.15) is 6.42 Å². The Morgan fingerprint density at radius 2 is 2.00 bits per heavy atom. The third-order valence-electron chi connectivity index (χ3n) is 1.99. The Bertz CT molecular complexity index is 414. The molecule has 1 aromatic heterocycles. The topological polar surface area (TPSA) is 65.5 Å². The highest BCUT2D eigenvalue weighted by molar-refractivity contribution is 6.06. The Morgan fingerprint density at radius 3 is 2.56 bits per heavy atom. The number of ketones is 1. The fraction of sp³-hybridized carbons (Fsp3) is 0.364. The fourth-order valence-electron chi connectivity index (χ4n) is 1.21. The summed E-state index contributed by atoms with van der Waals surface area (Å²) in [4.78, 5) is 26.6. The van der Waals surface area contributed by atoms with E-state index in [1.165, 1.54) is 20.3 Å². The minimum atomic E-state index is -0.557. The van der Waals surface area contributed by atoms with Crippen LogP contribution in [0.2, 0.25) is 0 Å². The summed E-state index contributed by atoms with van der Waals surface area (Å²) >= 11 is 0. The van der Waals surface area contributed by atoms with Crippen LogP contribution in [-0.2, 0) is 9.53 Å². The summed E-state index contributed by atoms with van der Waals surface area (Å²) in [6, 6.07) is 3.10. The van der Waals surface area contributed by atoms with Gasteiger partial charge in [0.2, 0.25) is 5.88 Å². The van der Waals surface area contributed by atoms with Gasteiger partial charge in [-0.2, -0.15) is 0 Å². The maximum absolute atomic E-state index is 11.7. The first kappa shape index (κ1) is 12.2. The van der Waals surface area contributed by atoms with E-state index in [1.807, 2.05) is 0 Å². The quantitative estimate of drug-likeness (QED) is 0.435. The van der Waals surface area contributed by atoms with Gasteiger partial charge < -0.3 is 9.47 Å². The van der Waals surface area contributed by atoms with Crippen LogP contribution in [0.25, 0.3) is 0 Å². The van der Waals surface area contributed by atoms with Crippen LogP contribution in [0.3, 0.4) is 0 Å². The van der Waals surface area contributed by atoms with Gasteiger partial charge in [-0.3, -0.25) is 9.59 Å². The molecular weight excluding hydrogens is 210 g/mol. The molecule has 0 aliphatic rings. The second kappa shape index (κ2) is 5.25. The molecular formula is C11H13NO4. The molecule has 0 bridgehead atoms. The van der Waals surface area contributed by atoms with Crippen LogP contribution in [0, 0.1) is 6.92 Å². The van der Waals surface area contributed by atoms with Gasteiger partial charge >= 0.3 is 5.97 Å². The second-order valence-corrected chi connectivity index (χ2v) is 3.22. The summed E-state index contributed by atoms with van der Waals surface area (Å²) < 4.78 is 9.36. The predicted octanol–water partition coefficient (Wildman–Crippen LogP) is 1.14. The minimum Gasteiger partial charge on any atom is -0.481 e. The van der Waals surface area contributed by atoms with Crippen LogP contribution < -0.4 is 4.74 Å². The average Bonchev–Trinajstić information content (AvgIpc) is 2.27. The van der Waals surface area contributed by atoms with Crippen LogP contribution >= 0.6 is 0 Å². The van der Waals surface area contributed by atoms with Crippen molar-refractivity contribution >= 4 is 11.8 Å². The minimum absolute atomic E-state index is 0.275. The lowest BCUT2D eigenvalue weighted by molar-refractivity contribution is -0.139. The number of aryl methyl sites for hydroxylation is 1. The van der Waals surface area contributed by atoms with E-state index in [4.69, 9.17) is 4.74 Å². The van der Waals surface area contributed by atoms with Crippen molar-refractivity contribution < 1.29 is 19.1 Å². The number of rotatable bonds is 4. The first-order valence-electron chi connectivity index (χ1n) is 4.69. The van der Waals surface area contributed by atoms with E-state index in [-0.39, 0.29) is 12.2 Å². The number of hydrogen-bond donors (Lipinski definition) is 0. The van der Waals surface area contributed by atoms with Gasteiger partial charge in [0, 0.05) is 17.3 Å². The highest BCUT2D eigenvalue weighted by Gasteiger charge is 2.13. The molecule has 86 valence electrons. The molecule has 0 radical (unpaired) electrons. The van der Waals surface area contributed by atoms with Crippen LogP contribution in [-0.4, -0.2) is 31.0 Å². The molecule has 1 rings (SSSR count). The van der Waals surface area contributed by atoms with Gasteiger partial charge in [0.15, 0.2) is 5.78 Å². The molecule has 1 heterocycles. The first-order chi connectivity index (χ1) is 7.56. The summed E-state index contributed by atoms with van der Waals surface area (Å²) in [6.45, 7) is 1.75. The van der Waals surface area contributed by atoms with Crippen molar-refractivity contribution in [2.24, 2.45) is 0 Å². The average molecular weight is 223 g/mol. The van der Waals surface area contributed by atoms with E-state index in [0.717, 1.165) is 0 Å². The number of carbonyl (C=O) groups is 2. The van der Waals surface area contributed by atoms with E-state index in [1.54, 1.807) is 13.0 Å². The summed E-state index contributed by atoms with van der Waals surface area (Å²) in [6.07, 6.45) is -0.275. The van der Waals surface area contributed by atoms with Crippen molar-refractivity contribution in [3.63, 3.8) is 0 Å². The Balaban J connectivity index is 2.90. The number of methoxy groups -OCH3 is 2. The first-order valence-corrected chi connectivity index (χ1v) is 4.69. The molecule has 0 aliphatic heterocycles. The number of ether oxygens (including phenoxy) is 2. The van der Waals surface area contributed by atoms with E-state index >= 15 is 0 Å². The van der Waals surface area contributed by atoms with Crippen molar-refractivity contribution in [1.82, 2.24) is 4.98 Å². The Labute approximate surface area is 93.4 Å². The van der Waals surface area contributed by atoms with Crippen molar-refractivity contribution in [1.29, 1.82) is 0 Å². The molecule has 0 fully saturated rings. The zero-order valence-electron chi connectivity index (χ0n) is 9.44. The summed E-state index contributed by atoms with van der Waals surface area (Å²) in [7, 11) is 2.71. The standard InChI is InChI=1S/C11H13NO4/c1-7-4-8(5-10(12-7)15-2)9(13)6-11(14)16-3/h4-5H,6H2,1-3H3. The van der Waals surface area contributed by atoms with E-state index in [9.17, 15) is 9.59 Å². The molecule has 0 spiro atoms. The maximum atomic E-state index is 11.7. The second-order valence-electron chi connectivity index (χ2n) is 3.22. The summed E-state index contributed by atoms with van der Waals surface area (Å²) in [5, 5.41) is 0. The number of esters is 1. The van der Waals surface area contributed by atoms with Gasteiger partial charge in [-0.15, -0.1) is 0 Å². The Kier molecular flexibility index (Phi) is 3.99. The molecule has 0 saturated heterocycles. The van der Waals surface area contributed by atoms with E-state index < -0.39 is 5.97 Å². The van der Waals surface area contributed by atoms with Crippen molar-refractivity contribution in [3.8, 4) is 5.88 Å². The number of aromatic nitrogens is 1. The molecule has 16 heavy (non-hydrogen) atoms. The van der Waals surface area contributed by atoms with Gasteiger partial charge in [0.25, 0.3) is 0 Å². The summed E-state index contributed by atoms with van der Waals surface area (Å²) in [5.74, 6) is -0.512. The molecule has 0 atom stereocenters. The largest absolute Gasteiger partial charge is 0.481 e. The van der Waals surface area contributed by atoms with Crippen molar-refractivity contribution in [2.75, 3.05) is 14.2 Å². The molecule has 0 amide bonds. The molecule has 5 nitrogen and oxygen atoms in total. The van der Waals surface area contributed by atoms with E-state index in [2.05, 4.69) is 9.72 Å². The number of Topliss-reactive ketones (excluding diaryl/α,β-unsaturated/α-hetero) is 1. The fourth-order valence-corrected chi connectivity index (χ4v) is 1.21. The van der Waals surface area contributed by atoms with Gasteiger partial charge in [0.05, 0.1) is 14.2 Å². The molecule has 0 saturated carbocycles. The molecule has 1 aromatic rings. The van der Waals surface area contributed by atoms with Crippen LogP contribution in [0.4, 0.5) is 0 Å². The monoisotopic (exact) mass is 223 g/mol. The molecule has 0 N–H and O–H groups in total. The van der Waals surface area contributed by atoms with Crippen LogP contribution in [0.15, 0.2) is 12.1 Å². The van der Waals surface area contributed by atoms with Crippen molar-refractivity contribution in [3.05, 3.63) is 23.4 Å². The molecule has 0 aromatic carbocycles. The Morgan fingerprint density at radius 1 is 1.31 bits per heavy atom. The van der Waals surface area contributed by atoms with Gasteiger partial charge in [-0.05, 0) is 13.0 Å². The zero-order valence-corrected chi connectivity index (χ0v) is 9.44. The highest BCUT2D eigenvalue weighted by Crippen LogP contribution is 2.13. The summed E-state index contributed by atoms with van der Waals surface area (Å²) in [5.41, 5.74) is 1.06. The molecule has 0 unspecified atom stereocenters. The smallest absolute Gasteiger partial charge is 0.313 e. The van der Waals surface area contributed by atoms with Crippen LogP contribution in [0.5, 0.6) is 5.88 Å². The number of nitrogens with zero attached hydrogens (tertiary/aromatic N) is 1. The Hall–Kier alpha value is -1.91. The van der Waals surface area contributed by atoms with Gasteiger partial charge in [-0.1, -0.05) is 0 Å². The lowest BCUT2D eigenvalue weighted by Gasteiger charge is -2.04. The van der Waals surface area contributed by atoms with Gasteiger partial charge in [-0.25, -0.2) is 4.98 Å². The SMILES string of the molecule is COC(=O)CC(=O)c1cc(C)nc(OC)c1. The number of hydrogen-bond acceptors (Lipinski definition) is 5. The predicted molar refractivity (Wildman–Crippen MR) is 56.5 cm³/mol.